The van der Waals surface area contributed by atoms with E-state index in [9.17, 15) is 4.79 Å². The van der Waals surface area contributed by atoms with Crippen LogP contribution in [0.25, 0.3) is 0 Å². The largest absolute Gasteiger partial charge is 0.497 e. The molecule has 1 N–H and O–H groups in total. The maximum atomic E-state index is 12.9. The number of hydrogen-bond acceptors (Lipinski definition) is 6. The van der Waals surface area contributed by atoms with Gasteiger partial charge in [-0.2, -0.15) is 5.10 Å². The van der Waals surface area contributed by atoms with E-state index in [1.807, 2.05) is 13.0 Å². The van der Waals surface area contributed by atoms with Gasteiger partial charge in [-0.05, 0) is 32.0 Å². The number of ether oxygens (including phenoxy) is 2. The van der Waals surface area contributed by atoms with Crippen LogP contribution in [0.5, 0.6) is 11.5 Å². The third-order valence-corrected chi connectivity index (χ3v) is 4.57. The van der Waals surface area contributed by atoms with Crippen molar-refractivity contribution in [1.82, 2.24) is 20.3 Å². The van der Waals surface area contributed by atoms with Gasteiger partial charge in [-0.3, -0.25) is 9.48 Å². The van der Waals surface area contributed by atoms with E-state index in [2.05, 4.69) is 15.6 Å². The quantitative estimate of drug-likeness (QED) is 0.649. The molecule has 3 aromatic rings. The molecule has 0 spiro atoms. The predicted octanol–water partition coefficient (Wildman–Crippen LogP) is 3.39. The number of nitrogens with zero attached hydrogens (tertiary/aromatic N) is 3. The molecule has 28 heavy (non-hydrogen) atoms. The van der Waals surface area contributed by atoms with Crippen LogP contribution in [0.15, 0.2) is 35.1 Å². The molecule has 3 rings (SSSR count). The summed E-state index contributed by atoms with van der Waals surface area (Å²) in [4.78, 5) is 12.9. The Labute approximate surface area is 167 Å². The van der Waals surface area contributed by atoms with Gasteiger partial charge in [-0.25, -0.2) is 0 Å². The van der Waals surface area contributed by atoms with Crippen molar-refractivity contribution in [1.29, 1.82) is 0 Å². The molecule has 1 amide bonds. The molecule has 2 aromatic heterocycles. The zero-order chi connectivity index (χ0) is 20.3. The Morgan fingerprint density at radius 3 is 2.79 bits per heavy atom. The number of aromatic nitrogens is 3. The molecule has 1 aromatic carbocycles. The summed E-state index contributed by atoms with van der Waals surface area (Å²) in [7, 11) is 3.16. The van der Waals surface area contributed by atoms with E-state index in [-0.39, 0.29) is 17.6 Å². The number of carbonyl (C=O) groups is 1. The zero-order valence-electron chi connectivity index (χ0n) is 16.0. The second-order valence-electron chi connectivity index (χ2n) is 6.23. The second-order valence-corrected chi connectivity index (χ2v) is 6.66. The van der Waals surface area contributed by atoms with Crippen LogP contribution in [0.3, 0.4) is 0 Å². The van der Waals surface area contributed by atoms with Gasteiger partial charge in [0.05, 0.1) is 38.0 Å². The van der Waals surface area contributed by atoms with E-state index in [0.717, 1.165) is 5.56 Å². The SMILES string of the molecule is COc1ccc(OC)c(C(C)NC(=O)c2noc(C)c2Cn2cc(Cl)cn2)c1. The second kappa shape index (κ2) is 8.35. The lowest BCUT2D eigenvalue weighted by Gasteiger charge is -2.18. The van der Waals surface area contributed by atoms with E-state index in [1.165, 1.54) is 6.20 Å². The average Bonchev–Trinajstić information content (AvgIpc) is 3.27. The lowest BCUT2D eigenvalue weighted by molar-refractivity contribution is 0.0929. The van der Waals surface area contributed by atoms with Crippen molar-refractivity contribution in [3.8, 4) is 11.5 Å². The van der Waals surface area contributed by atoms with Gasteiger partial charge in [0, 0.05) is 17.3 Å². The van der Waals surface area contributed by atoms with Crippen LogP contribution in [0, 0.1) is 6.92 Å². The van der Waals surface area contributed by atoms with Crippen molar-refractivity contribution in [2.45, 2.75) is 26.4 Å². The van der Waals surface area contributed by atoms with E-state index >= 15 is 0 Å². The average molecular weight is 405 g/mol. The van der Waals surface area contributed by atoms with Crippen LogP contribution in [0.2, 0.25) is 5.02 Å². The van der Waals surface area contributed by atoms with Crippen LogP contribution < -0.4 is 14.8 Å². The van der Waals surface area contributed by atoms with Gasteiger partial charge in [0.15, 0.2) is 5.69 Å². The van der Waals surface area contributed by atoms with E-state index in [1.54, 1.807) is 44.2 Å². The van der Waals surface area contributed by atoms with Gasteiger partial charge in [0.2, 0.25) is 0 Å². The summed E-state index contributed by atoms with van der Waals surface area (Å²) in [6.45, 7) is 3.93. The zero-order valence-corrected chi connectivity index (χ0v) is 16.8. The summed E-state index contributed by atoms with van der Waals surface area (Å²) in [6.07, 6.45) is 3.20. The fraction of sp³-hybridized carbons (Fsp3) is 0.316. The molecule has 0 fully saturated rings. The number of methoxy groups -OCH3 is 2. The van der Waals surface area contributed by atoms with Crippen molar-refractivity contribution < 1.29 is 18.8 Å². The molecule has 148 valence electrons. The summed E-state index contributed by atoms with van der Waals surface area (Å²) in [5.41, 5.74) is 1.63. The first-order valence-electron chi connectivity index (χ1n) is 8.58. The highest BCUT2D eigenvalue weighted by atomic mass is 35.5. The molecule has 0 aliphatic rings. The normalized spacial score (nSPS) is 11.9. The standard InChI is InChI=1S/C19H21ClN4O4/c1-11(15-7-14(26-3)5-6-17(15)27-4)22-19(25)18-16(12(2)28-23-18)10-24-9-13(20)8-21-24/h5-9,11H,10H2,1-4H3,(H,22,25). The molecule has 8 nitrogen and oxygen atoms in total. The number of halogens is 1. The van der Waals surface area contributed by atoms with Crippen LogP contribution in [-0.2, 0) is 6.54 Å². The lowest BCUT2D eigenvalue weighted by Crippen LogP contribution is -2.28. The maximum Gasteiger partial charge on any atom is 0.274 e. The van der Waals surface area contributed by atoms with Gasteiger partial charge in [-0.15, -0.1) is 0 Å². The molecule has 1 unspecified atom stereocenters. The molecule has 9 heteroatoms. The van der Waals surface area contributed by atoms with Crippen molar-refractivity contribution >= 4 is 17.5 Å². The van der Waals surface area contributed by atoms with Crippen molar-refractivity contribution in [3.05, 3.63) is 58.2 Å². The molecule has 0 aliphatic heterocycles. The molecular formula is C19H21ClN4O4. The Morgan fingerprint density at radius 2 is 2.14 bits per heavy atom. The molecule has 0 bridgehead atoms. The molecular weight excluding hydrogens is 384 g/mol. The molecule has 0 aliphatic carbocycles. The Hall–Kier alpha value is -3.00. The summed E-state index contributed by atoms with van der Waals surface area (Å²) < 4.78 is 17.5. The van der Waals surface area contributed by atoms with Gasteiger partial charge in [-0.1, -0.05) is 16.8 Å². The minimum atomic E-state index is -0.359. The molecule has 0 saturated heterocycles. The Balaban J connectivity index is 1.82. The van der Waals surface area contributed by atoms with Gasteiger partial charge < -0.3 is 19.3 Å². The molecule has 0 radical (unpaired) electrons. The lowest BCUT2D eigenvalue weighted by atomic mass is 10.1. The van der Waals surface area contributed by atoms with Crippen LogP contribution >= 0.6 is 11.6 Å². The first-order valence-corrected chi connectivity index (χ1v) is 8.96. The minimum absolute atomic E-state index is 0.206. The first-order chi connectivity index (χ1) is 13.4. The maximum absolute atomic E-state index is 12.9. The number of carbonyl (C=O) groups excluding carboxylic acids is 1. The summed E-state index contributed by atoms with van der Waals surface area (Å²) in [6, 6.07) is 5.07. The summed E-state index contributed by atoms with van der Waals surface area (Å²) in [5, 5.41) is 11.5. The van der Waals surface area contributed by atoms with Crippen LogP contribution in [0.1, 0.15) is 40.3 Å². The Bertz CT molecular complexity index is 982. The van der Waals surface area contributed by atoms with Crippen LogP contribution in [-0.4, -0.2) is 35.1 Å². The Kier molecular flexibility index (Phi) is 5.89. The summed E-state index contributed by atoms with van der Waals surface area (Å²) in [5.74, 6) is 1.51. The fourth-order valence-electron chi connectivity index (χ4n) is 2.86. The van der Waals surface area contributed by atoms with E-state index < -0.39 is 0 Å². The number of rotatable bonds is 7. The van der Waals surface area contributed by atoms with Crippen molar-refractivity contribution in [2.75, 3.05) is 14.2 Å². The molecule has 2 heterocycles. The number of aryl methyl sites for hydroxylation is 1. The first kappa shape index (κ1) is 19.8. The highest BCUT2D eigenvalue weighted by Crippen LogP contribution is 2.29. The van der Waals surface area contributed by atoms with E-state index in [0.29, 0.717) is 34.4 Å². The third kappa shape index (κ3) is 4.12. The number of nitrogens with one attached hydrogen (secondary N) is 1. The van der Waals surface area contributed by atoms with Gasteiger partial charge in [0.1, 0.15) is 17.3 Å². The Morgan fingerprint density at radius 1 is 1.36 bits per heavy atom. The topological polar surface area (TPSA) is 91.4 Å². The number of amides is 1. The van der Waals surface area contributed by atoms with E-state index in [4.69, 9.17) is 25.6 Å². The van der Waals surface area contributed by atoms with Crippen molar-refractivity contribution in [2.24, 2.45) is 0 Å². The molecule has 0 saturated carbocycles. The fourth-order valence-corrected chi connectivity index (χ4v) is 3.02. The highest BCUT2D eigenvalue weighted by Gasteiger charge is 2.23. The highest BCUT2D eigenvalue weighted by molar-refractivity contribution is 6.30. The number of benzene rings is 1. The monoisotopic (exact) mass is 404 g/mol. The smallest absolute Gasteiger partial charge is 0.274 e. The van der Waals surface area contributed by atoms with Gasteiger partial charge >= 0.3 is 0 Å². The summed E-state index contributed by atoms with van der Waals surface area (Å²) >= 11 is 5.91. The van der Waals surface area contributed by atoms with Gasteiger partial charge in [0.25, 0.3) is 5.91 Å². The minimum Gasteiger partial charge on any atom is -0.497 e. The van der Waals surface area contributed by atoms with Crippen LogP contribution in [0.4, 0.5) is 0 Å². The van der Waals surface area contributed by atoms with Crippen molar-refractivity contribution in [3.63, 3.8) is 0 Å². The number of hydrogen-bond donors (Lipinski definition) is 1. The third-order valence-electron chi connectivity index (χ3n) is 4.37. The molecule has 1 atom stereocenters. The predicted molar refractivity (Wildman–Crippen MR) is 103 cm³/mol.